The Morgan fingerprint density at radius 3 is 2.54 bits per heavy atom. The summed E-state index contributed by atoms with van der Waals surface area (Å²) >= 11 is 0. The third kappa shape index (κ3) is 3.02. The van der Waals surface area contributed by atoms with Crippen LogP contribution in [0.2, 0.25) is 0 Å². The van der Waals surface area contributed by atoms with E-state index in [1.165, 1.54) is 19.3 Å². The van der Waals surface area contributed by atoms with E-state index in [-0.39, 0.29) is 12.0 Å². The van der Waals surface area contributed by atoms with Gasteiger partial charge >= 0.3 is 0 Å². The van der Waals surface area contributed by atoms with Crippen LogP contribution in [0.5, 0.6) is 0 Å². The minimum Gasteiger partial charge on any atom is -0.396 e. The first-order valence-electron chi connectivity index (χ1n) is 4.95. The summed E-state index contributed by atoms with van der Waals surface area (Å²) < 4.78 is 5.32. The predicted molar refractivity (Wildman–Crippen MR) is 52.3 cm³/mol. The molecule has 0 amide bonds. The van der Waals surface area contributed by atoms with Gasteiger partial charge in [-0.2, -0.15) is 0 Å². The van der Waals surface area contributed by atoms with Gasteiger partial charge in [0.1, 0.15) is 6.61 Å². The van der Waals surface area contributed by atoms with Crippen molar-refractivity contribution in [1.29, 1.82) is 0 Å². The van der Waals surface area contributed by atoms with Gasteiger partial charge in [-0.25, -0.2) is 0 Å². The average Bonchev–Trinajstić information content (AvgIpc) is 2.20. The van der Waals surface area contributed by atoms with Crippen molar-refractivity contribution in [1.82, 2.24) is 0 Å². The quantitative estimate of drug-likeness (QED) is 0.528. The smallest absolute Gasteiger partial charge is 0.107 e. The summed E-state index contributed by atoms with van der Waals surface area (Å²) in [7, 11) is 0. The third-order valence-corrected chi connectivity index (χ3v) is 2.84. The Morgan fingerprint density at radius 2 is 2.00 bits per heavy atom. The van der Waals surface area contributed by atoms with Crippen LogP contribution in [0, 0.1) is 17.8 Å². The van der Waals surface area contributed by atoms with Gasteiger partial charge in [0.2, 0.25) is 0 Å². The number of hydrogen-bond acceptors (Lipinski definition) is 2. The van der Waals surface area contributed by atoms with E-state index in [1.54, 1.807) is 0 Å². The zero-order chi connectivity index (χ0) is 9.57. The maximum absolute atomic E-state index is 9.31. The molecular formula is C11H18O2. The molecule has 0 bridgehead atoms. The van der Waals surface area contributed by atoms with E-state index in [0.717, 1.165) is 12.8 Å². The van der Waals surface area contributed by atoms with Crippen molar-refractivity contribution in [3.8, 4) is 12.3 Å². The van der Waals surface area contributed by atoms with Gasteiger partial charge in [-0.15, -0.1) is 6.42 Å². The number of hydrogen-bond donors (Lipinski definition) is 1. The topological polar surface area (TPSA) is 29.5 Å². The largest absolute Gasteiger partial charge is 0.396 e. The van der Waals surface area contributed by atoms with Crippen LogP contribution in [0.4, 0.5) is 0 Å². The fourth-order valence-corrected chi connectivity index (χ4v) is 1.98. The van der Waals surface area contributed by atoms with E-state index in [9.17, 15) is 5.11 Å². The molecule has 0 aliphatic heterocycles. The van der Waals surface area contributed by atoms with E-state index < -0.39 is 0 Å². The molecule has 0 unspecified atom stereocenters. The molecule has 0 heterocycles. The van der Waals surface area contributed by atoms with Gasteiger partial charge in [0.05, 0.1) is 13.2 Å². The van der Waals surface area contributed by atoms with Crippen LogP contribution in [0.15, 0.2) is 0 Å². The van der Waals surface area contributed by atoms with Gasteiger partial charge in [0, 0.05) is 5.41 Å². The highest BCUT2D eigenvalue weighted by molar-refractivity contribution is 4.86. The van der Waals surface area contributed by atoms with Gasteiger partial charge in [-0.1, -0.05) is 25.2 Å². The summed E-state index contributed by atoms with van der Waals surface area (Å²) in [5.41, 5.74) is 0.00903. The molecular weight excluding hydrogens is 164 g/mol. The Morgan fingerprint density at radius 1 is 1.31 bits per heavy atom. The molecule has 0 saturated heterocycles. The fraction of sp³-hybridized carbons (Fsp3) is 0.818. The highest BCUT2D eigenvalue weighted by Crippen LogP contribution is 2.35. The zero-order valence-corrected chi connectivity index (χ0v) is 8.09. The minimum atomic E-state index is 0.00903. The highest BCUT2D eigenvalue weighted by Gasteiger charge is 2.31. The molecule has 1 saturated carbocycles. The maximum Gasteiger partial charge on any atom is 0.107 e. The molecule has 1 N–H and O–H groups in total. The SMILES string of the molecule is C#CCOCC1(CO)CCCCC1. The molecule has 74 valence electrons. The van der Waals surface area contributed by atoms with Crippen molar-refractivity contribution in [2.24, 2.45) is 5.41 Å². The molecule has 0 radical (unpaired) electrons. The maximum atomic E-state index is 9.31. The van der Waals surface area contributed by atoms with Crippen LogP contribution in [-0.4, -0.2) is 24.9 Å². The molecule has 13 heavy (non-hydrogen) atoms. The standard InChI is InChI=1S/C11H18O2/c1-2-8-13-10-11(9-12)6-4-3-5-7-11/h1,12H,3-10H2. The molecule has 1 aliphatic carbocycles. The van der Waals surface area contributed by atoms with Crippen LogP contribution >= 0.6 is 0 Å². The second-order valence-corrected chi connectivity index (χ2v) is 3.92. The van der Waals surface area contributed by atoms with Gasteiger partial charge < -0.3 is 9.84 Å². The van der Waals surface area contributed by atoms with Crippen molar-refractivity contribution in [2.45, 2.75) is 32.1 Å². The molecule has 1 aliphatic rings. The van der Waals surface area contributed by atoms with Gasteiger partial charge in [-0.05, 0) is 12.8 Å². The van der Waals surface area contributed by atoms with Gasteiger partial charge in [0.15, 0.2) is 0 Å². The first-order valence-corrected chi connectivity index (χ1v) is 4.95. The van der Waals surface area contributed by atoms with Gasteiger partial charge in [0.25, 0.3) is 0 Å². The van der Waals surface area contributed by atoms with Crippen LogP contribution < -0.4 is 0 Å². The molecule has 2 heteroatoms. The second-order valence-electron chi connectivity index (χ2n) is 3.92. The van der Waals surface area contributed by atoms with Crippen molar-refractivity contribution in [3.63, 3.8) is 0 Å². The van der Waals surface area contributed by atoms with Gasteiger partial charge in [-0.3, -0.25) is 0 Å². The molecule has 1 rings (SSSR count). The van der Waals surface area contributed by atoms with E-state index >= 15 is 0 Å². The Bertz CT molecular complexity index is 175. The van der Waals surface area contributed by atoms with Crippen molar-refractivity contribution in [3.05, 3.63) is 0 Å². The fourth-order valence-electron chi connectivity index (χ4n) is 1.98. The van der Waals surface area contributed by atoms with Crippen molar-refractivity contribution < 1.29 is 9.84 Å². The molecule has 0 aromatic heterocycles. The summed E-state index contributed by atoms with van der Waals surface area (Å²) in [5.74, 6) is 2.44. The third-order valence-electron chi connectivity index (χ3n) is 2.84. The van der Waals surface area contributed by atoms with Crippen molar-refractivity contribution in [2.75, 3.05) is 19.8 Å². The summed E-state index contributed by atoms with van der Waals surface area (Å²) in [6, 6.07) is 0. The summed E-state index contributed by atoms with van der Waals surface area (Å²) in [5, 5.41) is 9.31. The number of aliphatic hydroxyl groups excluding tert-OH is 1. The average molecular weight is 182 g/mol. The number of terminal acetylenes is 1. The Labute approximate surface area is 80.3 Å². The lowest BCUT2D eigenvalue weighted by Gasteiger charge is -2.34. The lowest BCUT2D eigenvalue weighted by molar-refractivity contribution is -0.00634. The second kappa shape index (κ2) is 5.26. The molecule has 0 aromatic rings. The lowest BCUT2D eigenvalue weighted by Crippen LogP contribution is -2.33. The van der Waals surface area contributed by atoms with E-state index in [0.29, 0.717) is 13.2 Å². The van der Waals surface area contributed by atoms with Crippen LogP contribution in [-0.2, 0) is 4.74 Å². The molecule has 0 spiro atoms. The Balaban J connectivity index is 2.34. The van der Waals surface area contributed by atoms with E-state index in [4.69, 9.17) is 11.2 Å². The normalized spacial score (nSPS) is 20.9. The molecule has 0 aromatic carbocycles. The Hall–Kier alpha value is -0.520. The zero-order valence-electron chi connectivity index (χ0n) is 8.09. The summed E-state index contributed by atoms with van der Waals surface area (Å²) in [4.78, 5) is 0. The van der Waals surface area contributed by atoms with Crippen LogP contribution in [0.1, 0.15) is 32.1 Å². The van der Waals surface area contributed by atoms with E-state index in [2.05, 4.69) is 5.92 Å². The van der Waals surface area contributed by atoms with Crippen LogP contribution in [0.25, 0.3) is 0 Å². The monoisotopic (exact) mass is 182 g/mol. The Kier molecular flexibility index (Phi) is 4.27. The number of rotatable bonds is 4. The number of aliphatic hydroxyl groups is 1. The van der Waals surface area contributed by atoms with E-state index in [1.807, 2.05) is 0 Å². The minimum absolute atomic E-state index is 0.00903. The molecule has 1 fully saturated rings. The molecule has 0 atom stereocenters. The first-order chi connectivity index (χ1) is 6.33. The lowest BCUT2D eigenvalue weighted by atomic mass is 9.75. The highest BCUT2D eigenvalue weighted by atomic mass is 16.5. The molecule has 2 nitrogen and oxygen atoms in total. The summed E-state index contributed by atoms with van der Waals surface area (Å²) in [6.07, 6.45) is 11.0. The predicted octanol–water partition coefficient (Wildman–Crippen LogP) is 1.58. The first kappa shape index (κ1) is 10.6. The van der Waals surface area contributed by atoms with Crippen LogP contribution in [0.3, 0.4) is 0 Å². The summed E-state index contributed by atoms with van der Waals surface area (Å²) in [6.45, 7) is 1.22. The number of ether oxygens (including phenoxy) is 1. The van der Waals surface area contributed by atoms with Crippen molar-refractivity contribution >= 4 is 0 Å².